The van der Waals surface area contributed by atoms with Crippen molar-refractivity contribution in [2.75, 3.05) is 11.9 Å². The Morgan fingerprint density at radius 1 is 1.50 bits per heavy atom. The summed E-state index contributed by atoms with van der Waals surface area (Å²) in [6.07, 6.45) is 4.92. The first-order valence-electron chi connectivity index (χ1n) is 6.60. The highest BCUT2D eigenvalue weighted by molar-refractivity contribution is 9.10. The monoisotopic (exact) mass is 314 g/mol. The van der Waals surface area contributed by atoms with Gasteiger partial charge >= 0.3 is 0 Å². The van der Waals surface area contributed by atoms with Gasteiger partial charge in [0.25, 0.3) is 0 Å². The lowest BCUT2D eigenvalue weighted by atomic mass is 9.99. The van der Waals surface area contributed by atoms with Gasteiger partial charge in [0.1, 0.15) is 5.82 Å². The van der Waals surface area contributed by atoms with Crippen molar-refractivity contribution >= 4 is 21.6 Å². The van der Waals surface area contributed by atoms with E-state index in [0.29, 0.717) is 12.1 Å². The number of hydrogen-bond donors (Lipinski definition) is 2. The van der Waals surface area contributed by atoms with Crippen LogP contribution in [-0.4, -0.2) is 18.6 Å². The summed E-state index contributed by atoms with van der Waals surface area (Å²) in [6, 6.07) is 5.66. The Kier molecular flexibility index (Phi) is 5.01. The van der Waals surface area contributed by atoms with Crippen molar-refractivity contribution in [3.8, 4) is 0 Å². The molecule has 2 unspecified atom stereocenters. The van der Waals surface area contributed by atoms with Crippen LogP contribution in [0.25, 0.3) is 0 Å². The highest BCUT2D eigenvalue weighted by atomic mass is 79.9. The molecule has 0 aromatic heterocycles. The van der Waals surface area contributed by atoms with Crippen molar-refractivity contribution in [3.63, 3.8) is 0 Å². The van der Waals surface area contributed by atoms with Crippen LogP contribution in [0.4, 0.5) is 10.1 Å². The number of anilines is 1. The van der Waals surface area contributed by atoms with Crippen molar-refractivity contribution in [1.29, 1.82) is 0 Å². The molecule has 1 aliphatic rings. The number of nitrogens with one attached hydrogen (secondary N) is 2. The second-order valence-corrected chi connectivity index (χ2v) is 5.91. The Morgan fingerprint density at radius 2 is 2.33 bits per heavy atom. The van der Waals surface area contributed by atoms with Crippen LogP contribution in [0.2, 0.25) is 0 Å². The normalized spacial score (nSPS) is 21.6. The lowest BCUT2D eigenvalue weighted by Gasteiger charge is -2.27. The Morgan fingerprint density at radius 3 is 3.06 bits per heavy atom. The molecule has 1 heterocycles. The number of hydrogen-bond acceptors (Lipinski definition) is 2. The minimum atomic E-state index is -0.205. The van der Waals surface area contributed by atoms with Gasteiger partial charge in [0, 0.05) is 16.6 Å². The molecule has 0 saturated carbocycles. The summed E-state index contributed by atoms with van der Waals surface area (Å²) in [5, 5.41) is 6.91. The Balaban J connectivity index is 1.89. The van der Waals surface area contributed by atoms with Gasteiger partial charge in [-0.1, -0.05) is 6.42 Å². The van der Waals surface area contributed by atoms with E-state index in [9.17, 15) is 4.39 Å². The third-order valence-electron chi connectivity index (χ3n) is 3.38. The molecule has 1 fully saturated rings. The zero-order valence-electron chi connectivity index (χ0n) is 10.7. The van der Waals surface area contributed by atoms with Gasteiger partial charge in [0.05, 0.1) is 5.69 Å². The average Bonchev–Trinajstić information content (AvgIpc) is 2.35. The van der Waals surface area contributed by atoms with Crippen LogP contribution >= 0.6 is 15.9 Å². The van der Waals surface area contributed by atoms with Gasteiger partial charge in [-0.15, -0.1) is 0 Å². The summed E-state index contributed by atoms with van der Waals surface area (Å²) in [6.45, 7) is 3.27. The predicted octanol–water partition coefficient (Wildman–Crippen LogP) is 3.92. The van der Waals surface area contributed by atoms with Crippen molar-refractivity contribution in [1.82, 2.24) is 5.32 Å². The minimum absolute atomic E-state index is 0.205. The molecule has 2 atom stereocenters. The molecule has 1 aromatic carbocycles. The van der Waals surface area contributed by atoms with Gasteiger partial charge in [-0.25, -0.2) is 4.39 Å². The Bertz CT molecular complexity index is 391. The zero-order chi connectivity index (χ0) is 13.0. The quantitative estimate of drug-likeness (QED) is 0.880. The van der Waals surface area contributed by atoms with E-state index in [1.54, 1.807) is 6.07 Å². The van der Waals surface area contributed by atoms with E-state index in [1.165, 1.54) is 31.4 Å². The van der Waals surface area contributed by atoms with Gasteiger partial charge in [0.2, 0.25) is 0 Å². The Hall–Kier alpha value is -0.610. The number of benzene rings is 1. The second kappa shape index (κ2) is 6.53. The zero-order valence-corrected chi connectivity index (χ0v) is 12.3. The molecule has 2 rings (SSSR count). The first kappa shape index (κ1) is 13.8. The van der Waals surface area contributed by atoms with Crippen LogP contribution in [0.3, 0.4) is 0 Å². The molecule has 0 bridgehead atoms. The summed E-state index contributed by atoms with van der Waals surface area (Å²) < 4.78 is 14.1. The molecule has 0 amide bonds. The largest absolute Gasteiger partial charge is 0.382 e. The van der Waals surface area contributed by atoms with Crippen LogP contribution in [-0.2, 0) is 0 Å². The lowest BCUT2D eigenvalue weighted by Crippen LogP contribution is -2.37. The van der Waals surface area contributed by atoms with Crippen LogP contribution in [0.5, 0.6) is 0 Å². The van der Waals surface area contributed by atoms with Crippen LogP contribution in [0.15, 0.2) is 22.7 Å². The summed E-state index contributed by atoms with van der Waals surface area (Å²) in [5.41, 5.74) is 0.832. The molecule has 2 nitrogen and oxygen atoms in total. The lowest BCUT2D eigenvalue weighted by molar-refractivity contribution is 0.371. The fourth-order valence-corrected chi connectivity index (χ4v) is 2.85. The fraction of sp³-hybridized carbons (Fsp3) is 0.571. The van der Waals surface area contributed by atoms with Gasteiger partial charge in [-0.2, -0.15) is 0 Å². The molecule has 2 N–H and O–H groups in total. The van der Waals surface area contributed by atoms with Crippen LogP contribution < -0.4 is 10.6 Å². The standard InChI is InChI=1S/C14H20BrFN2/c1-10(8-12-4-2-3-7-17-12)18-14-9-11(16)5-6-13(14)15/h5-6,9-10,12,17-18H,2-4,7-8H2,1H3. The van der Waals surface area contributed by atoms with E-state index in [2.05, 4.69) is 33.5 Å². The molecular weight excluding hydrogens is 295 g/mol. The van der Waals surface area contributed by atoms with Gasteiger partial charge in [-0.3, -0.25) is 0 Å². The maximum atomic E-state index is 13.2. The number of halogens is 2. The van der Waals surface area contributed by atoms with Crippen molar-refractivity contribution in [3.05, 3.63) is 28.5 Å². The van der Waals surface area contributed by atoms with Crippen molar-refractivity contribution in [2.45, 2.75) is 44.7 Å². The summed E-state index contributed by atoms with van der Waals surface area (Å²) >= 11 is 3.44. The van der Waals surface area contributed by atoms with E-state index in [4.69, 9.17) is 0 Å². The average molecular weight is 315 g/mol. The second-order valence-electron chi connectivity index (χ2n) is 5.05. The van der Waals surface area contributed by atoms with Gasteiger partial charge in [0.15, 0.2) is 0 Å². The summed E-state index contributed by atoms with van der Waals surface area (Å²) in [7, 11) is 0. The van der Waals surface area contributed by atoms with Crippen molar-refractivity contribution in [2.24, 2.45) is 0 Å². The molecule has 0 radical (unpaired) electrons. The van der Waals surface area contributed by atoms with E-state index in [1.807, 2.05) is 0 Å². The molecule has 100 valence electrons. The maximum absolute atomic E-state index is 13.2. The summed E-state index contributed by atoms with van der Waals surface area (Å²) in [4.78, 5) is 0. The Labute approximate surface area is 116 Å². The topological polar surface area (TPSA) is 24.1 Å². The smallest absolute Gasteiger partial charge is 0.125 e. The highest BCUT2D eigenvalue weighted by Gasteiger charge is 2.16. The fourth-order valence-electron chi connectivity index (χ4n) is 2.48. The summed E-state index contributed by atoms with van der Waals surface area (Å²) in [5.74, 6) is -0.205. The molecular formula is C14H20BrFN2. The third-order valence-corrected chi connectivity index (χ3v) is 4.07. The number of piperidine rings is 1. The molecule has 1 aromatic rings. The first-order valence-corrected chi connectivity index (χ1v) is 7.39. The highest BCUT2D eigenvalue weighted by Crippen LogP contribution is 2.24. The van der Waals surface area contributed by atoms with E-state index in [0.717, 1.165) is 23.1 Å². The van der Waals surface area contributed by atoms with Gasteiger partial charge in [-0.05, 0) is 66.9 Å². The van der Waals surface area contributed by atoms with Crippen LogP contribution in [0, 0.1) is 5.82 Å². The maximum Gasteiger partial charge on any atom is 0.125 e. The van der Waals surface area contributed by atoms with Gasteiger partial charge < -0.3 is 10.6 Å². The SMILES string of the molecule is CC(CC1CCCCN1)Nc1cc(F)ccc1Br. The molecule has 1 aliphatic heterocycles. The third kappa shape index (κ3) is 3.95. The van der Waals surface area contributed by atoms with E-state index >= 15 is 0 Å². The minimum Gasteiger partial charge on any atom is -0.382 e. The predicted molar refractivity (Wildman–Crippen MR) is 77.4 cm³/mol. The molecule has 18 heavy (non-hydrogen) atoms. The van der Waals surface area contributed by atoms with E-state index in [-0.39, 0.29) is 5.82 Å². The molecule has 0 aliphatic carbocycles. The first-order chi connectivity index (χ1) is 8.65. The number of rotatable bonds is 4. The molecule has 1 saturated heterocycles. The molecule has 4 heteroatoms. The van der Waals surface area contributed by atoms with E-state index < -0.39 is 0 Å². The van der Waals surface area contributed by atoms with Crippen LogP contribution in [0.1, 0.15) is 32.6 Å². The molecule has 0 spiro atoms. The van der Waals surface area contributed by atoms with Crippen molar-refractivity contribution < 1.29 is 4.39 Å².